The summed E-state index contributed by atoms with van der Waals surface area (Å²) in [6.45, 7) is 0.0366. The number of alkyl halides is 6. The Morgan fingerprint density at radius 3 is 2.10 bits per heavy atom. The molecular formula is C17H18ClF6N3O3. The van der Waals surface area contributed by atoms with Crippen LogP contribution in [0.15, 0.2) is 24.3 Å². The number of benzene rings is 1. The number of nitrogens with one attached hydrogen (secondary N) is 2. The van der Waals surface area contributed by atoms with Gasteiger partial charge in [-0.15, -0.1) is 0 Å². The first-order valence-electron chi connectivity index (χ1n) is 8.75. The van der Waals surface area contributed by atoms with Crippen LogP contribution in [-0.4, -0.2) is 55.1 Å². The highest BCUT2D eigenvalue weighted by Crippen LogP contribution is 2.36. The minimum absolute atomic E-state index is 0.0909. The molecule has 168 valence electrons. The van der Waals surface area contributed by atoms with E-state index in [1.165, 1.54) is 0 Å². The molecular weight excluding hydrogens is 444 g/mol. The predicted molar refractivity (Wildman–Crippen MR) is 95.1 cm³/mol. The van der Waals surface area contributed by atoms with Gasteiger partial charge in [0, 0.05) is 30.3 Å². The van der Waals surface area contributed by atoms with E-state index in [4.69, 9.17) is 11.6 Å². The molecule has 0 spiro atoms. The second-order valence-electron chi connectivity index (χ2n) is 6.62. The highest BCUT2D eigenvalue weighted by Gasteiger charge is 2.60. The lowest BCUT2D eigenvalue weighted by molar-refractivity contribution is -0.308. The largest absolute Gasteiger partial charge is 0.434 e. The summed E-state index contributed by atoms with van der Waals surface area (Å²) in [4.78, 5) is 24.4. The zero-order valence-electron chi connectivity index (χ0n) is 15.3. The summed E-state index contributed by atoms with van der Waals surface area (Å²) in [5.74, 6) is -0.106. The average Bonchev–Trinajstić information content (AvgIpc) is 2.64. The Labute approximate surface area is 172 Å². The standard InChI is InChI=1S/C17H18ClF6N3O3/c18-11-1-3-12(4-2-11)26-14(28)25-9-10-5-7-27(8-6-10)15(29)30-13(16(19,20)21)17(22,23)24/h1-4,10,13H,5-9H2,(H2,25,26,28). The third-order valence-corrected chi connectivity index (χ3v) is 4.59. The molecule has 0 aliphatic carbocycles. The monoisotopic (exact) mass is 461 g/mol. The van der Waals surface area contributed by atoms with Crippen LogP contribution >= 0.6 is 11.6 Å². The van der Waals surface area contributed by atoms with Gasteiger partial charge in [0.15, 0.2) is 0 Å². The fourth-order valence-electron chi connectivity index (χ4n) is 2.76. The number of nitrogens with zero attached hydrogens (tertiary/aromatic N) is 1. The lowest BCUT2D eigenvalue weighted by Gasteiger charge is -2.33. The third-order valence-electron chi connectivity index (χ3n) is 4.34. The first kappa shape index (κ1) is 23.9. The fraction of sp³-hybridized carbons (Fsp3) is 0.529. The minimum Gasteiger partial charge on any atom is -0.426 e. The number of hydrogen-bond acceptors (Lipinski definition) is 3. The number of carbonyl (C=O) groups is 2. The molecule has 2 rings (SSSR count). The summed E-state index contributed by atoms with van der Waals surface area (Å²) in [5, 5.41) is 5.70. The van der Waals surface area contributed by atoms with E-state index in [-0.39, 0.29) is 38.4 Å². The molecule has 0 aromatic heterocycles. The van der Waals surface area contributed by atoms with Gasteiger partial charge in [-0.05, 0) is 43.0 Å². The number of rotatable bonds is 4. The molecule has 0 radical (unpaired) electrons. The van der Waals surface area contributed by atoms with Gasteiger partial charge < -0.3 is 20.3 Å². The van der Waals surface area contributed by atoms with Crippen molar-refractivity contribution in [3.63, 3.8) is 0 Å². The number of halogens is 7. The summed E-state index contributed by atoms with van der Waals surface area (Å²) in [5.41, 5.74) is 0.512. The van der Waals surface area contributed by atoms with E-state index in [0.717, 1.165) is 4.90 Å². The maximum absolute atomic E-state index is 12.5. The van der Waals surface area contributed by atoms with Crippen LogP contribution in [0.5, 0.6) is 0 Å². The number of hydrogen-bond donors (Lipinski definition) is 2. The molecule has 13 heteroatoms. The van der Waals surface area contributed by atoms with Crippen LogP contribution in [0.2, 0.25) is 5.02 Å². The van der Waals surface area contributed by atoms with Crippen molar-refractivity contribution in [2.75, 3.05) is 25.0 Å². The van der Waals surface area contributed by atoms with Crippen LogP contribution in [0, 0.1) is 5.92 Å². The van der Waals surface area contributed by atoms with E-state index in [1.54, 1.807) is 24.3 Å². The molecule has 30 heavy (non-hydrogen) atoms. The summed E-state index contributed by atoms with van der Waals surface area (Å²) in [7, 11) is 0. The summed E-state index contributed by atoms with van der Waals surface area (Å²) in [6.07, 6.45) is -16.8. The van der Waals surface area contributed by atoms with Crippen molar-refractivity contribution in [3.05, 3.63) is 29.3 Å². The molecule has 1 fully saturated rings. The topological polar surface area (TPSA) is 70.7 Å². The van der Waals surface area contributed by atoms with E-state index in [0.29, 0.717) is 10.7 Å². The zero-order valence-corrected chi connectivity index (χ0v) is 16.1. The molecule has 0 atom stereocenters. The van der Waals surface area contributed by atoms with Crippen LogP contribution in [0.1, 0.15) is 12.8 Å². The lowest BCUT2D eigenvalue weighted by atomic mass is 9.97. The number of ether oxygens (including phenoxy) is 1. The Bertz CT molecular complexity index is 720. The molecule has 1 heterocycles. The smallest absolute Gasteiger partial charge is 0.426 e. The van der Waals surface area contributed by atoms with E-state index in [1.807, 2.05) is 0 Å². The molecule has 6 nitrogen and oxygen atoms in total. The van der Waals surface area contributed by atoms with E-state index in [9.17, 15) is 35.9 Å². The first-order chi connectivity index (χ1) is 13.9. The molecule has 3 amide bonds. The van der Waals surface area contributed by atoms with Crippen molar-refractivity contribution >= 4 is 29.4 Å². The van der Waals surface area contributed by atoms with E-state index < -0.39 is 30.6 Å². The zero-order chi connectivity index (χ0) is 22.5. The molecule has 0 saturated carbocycles. The summed E-state index contributed by atoms with van der Waals surface area (Å²) in [6, 6.07) is 5.89. The van der Waals surface area contributed by atoms with Crippen LogP contribution < -0.4 is 10.6 Å². The van der Waals surface area contributed by atoms with E-state index >= 15 is 0 Å². The van der Waals surface area contributed by atoms with Crippen molar-refractivity contribution in [1.82, 2.24) is 10.2 Å². The molecule has 0 bridgehead atoms. The van der Waals surface area contributed by atoms with Gasteiger partial charge in [0.2, 0.25) is 0 Å². The molecule has 2 N–H and O–H groups in total. The van der Waals surface area contributed by atoms with Crippen molar-refractivity contribution in [2.24, 2.45) is 5.92 Å². The second-order valence-corrected chi connectivity index (χ2v) is 7.06. The number of carbonyl (C=O) groups excluding carboxylic acids is 2. The Morgan fingerprint density at radius 1 is 1.07 bits per heavy atom. The normalized spacial score (nSPS) is 15.8. The van der Waals surface area contributed by atoms with Gasteiger partial charge in [0.25, 0.3) is 6.10 Å². The molecule has 1 aliphatic heterocycles. The number of anilines is 1. The van der Waals surface area contributed by atoms with Crippen molar-refractivity contribution in [1.29, 1.82) is 0 Å². The highest BCUT2D eigenvalue weighted by atomic mass is 35.5. The number of piperidine rings is 1. The summed E-state index contributed by atoms with van der Waals surface area (Å²) >= 11 is 5.74. The van der Waals surface area contributed by atoms with Gasteiger partial charge in [-0.1, -0.05) is 11.6 Å². The van der Waals surface area contributed by atoms with Crippen molar-refractivity contribution in [2.45, 2.75) is 31.3 Å². The molecule has 0 unspecified atom stereocenters. The fourth-order valence-corrected chi connectivity index (χ4v) is 2.89. The third kappa shape index (κ3) is 7.15. The van der Waals surface area contributed by atoms with Crippen LogP contribution in [0.25, 0.3) is 0 Å². The van der Waals surface area contributed by atoms with Crippen LogP contribution in [0.4, 0.5) is 41.6 Å². The van der Waals surface area contributed by atoms with Crippen molar-refractivity contribution < 1.29 is 40.7 Å². The van der Waals surface area contributed by atoms with Gasteiger partial charge in [0.05, 0.1) is 0 Å². The van der Waals surface area contributed by atoms with Gasteiger partial charge in [-0.3, -0.25) is 0 Å². The Kier molecular flexibility index (Phi) is 7.67. The number of likely N-dealkylation sites (tertiary alicyclic amines) is 1. The van der Waals surface area contributed by atoms with Gasteiger partial charge in [0.1, 0.15) is 0 Å². The van der Waals surface area contributed by atoms with Gasteiger partial charge >= 0.3 is 24.5 Å². The Hall–Kier alpha value is -2.37. The van der Waals surface area contributed by atoms with Crippen molar-refractivity contribution in [3.8, 4) is 0 Å². The average molecular weight is 462 g/mol. The SMILES string of the molecule is O=C(NCC1CCN(C(=O)OC(C(F)(F)F)C(F)(F)F)CC1)Nc1ccc(Cl)cc1. The Balaban J connectivity index is 1.76. The molecule has 1 aromatic rings. The Morgan fingerprint density at radius 2 is 1.60 bits per heavy atom. The maximum atomic E-state index is 12.5. The van der Waals surface area contributed by atoms with Crippen LogP contribution in [0.3, 0.4) is 0 Å². The summed E-state index contributed by atoms with van der Waals surface area (Å²) < 4.78 is 78.6. The minimum atomic E-state index is -5.76. The second kappa shape index (κ2) is 9.63. The highest BCUT2D eigenvalue weighted by molar-refractivity contribution is 6.30. The van der Waals surface area contributed by atoms with E-state index in [2.05, 4.69) is 15.4 Å². The van der Waals surface area contributed by atoms with Gasteiger partial charge in [-0.25, -0.2) is 9.59 Å². The van der Waals surface area contributed by atoms with Gasteiger partial charge in [-0.2, -0.15) is 26.3 Å². The molecule has 1 saturated heterocycles. The predicted octanol–water partition coefficient (Wildman–Crippen LogP) is 4.80. The maximum Gasteiger partial charge on any atom is 0.434 e. The quantitative estimate of drug-likeness (QED) is 0.633. The van der Waals surface area contributed by atoms with Crippen LogP contribution in [-0.2, 0) is 4.74 Å². The number of amides is 3. The molecule has 1 aromatic carbocycles. The lowest BCUT2D eigenvalue weighted by Crippen LogP contribution is -2.49. The molecule has 1 aliphatic rings. The number of urea groups is 1. The first-order valence-corrected chi connectivity index (χ1v) is 9.13.